The van der Waals surface area contributed by atoms with Crippen LogP contribution < -0.4 is 10.3 Å². The molecule has 2 aliphatic carbocycles. The van der Waals surface area contributed by atoms with Gasteiger partial charge in [-0.2, -0.15) is 18.2 Å². The molecule has 1 heterocycles. The second-order valence-electron chi connectivity index (χ2n) is 7.83. The van der Waals surface area contributed by atoms with E-state index in [0.717, 1.165) is 24.0 Å². The molecule has 0 N–H and O–H groups in total. The summed E-state index contributed by atoms with van der Waals surface area (Å²) in [6.07, 6.45) is 6.74. The third kappa shape index (κ3) is 4.77. The highest BCUT2D eigenvalue weighted by molar-refractivity contribution is 5.61. The lowest BCUT2D eigenvalue weighted by molar-refractivity contribution is -0.0901. The van der Waals surface area contributed by atoms with Crippen molar-refractivity contribution in [2.75, 3.05) is 0 Å². The molecule has 0 amide bonds. The van der Waals surface area contributed by atoms with E-state index < -0.39 is 17.3 Å². The van der Waals surface area contributed by atoms with Crippen molar-refractivity contribution in [2.24, 2.45) is 0 Å². The topological polar surface area (TPSA) is 44.1 Å². The highest BCUT2D eigenvalue weighted by Gasteiger charge is 2.37. The van der Waals surface area contributed by atoms with Crippen LogP contribution in [0.5, 0.6) is 6.01 Å². The fraction of sp³-hybridized carbons (Fsp3) is 0.280. The van der Waals surface area contributed by atoms with E-state index in [4.69, 9.17) is 4.74 Å². The van der Waals surface area contributed by atoms with Crippen molar-refractivity contribution in [3.63, 3.8) is 0 Å². The molecule has 0 bridgehead atoms. The van der Waals surface area contributed by atoms with Gasteiger partial charge in [0.25, 0.3) is 5.56 Å². The molecule has 1 aromatic carbocycles. The Balaban J connectivity index is 1.76. The Morgan fingerprint density at radius 3 is 2.59 bits per heavy atom. The molecule has 0 saturated carbocycles. The molecule has 2 aromatic rings. The summed E-state index contributed by atoms with van der Waals surface area (Å²) in [5.74, 6) is 0.186. The Hall–Kier alpha value is -3.35. The first-order chi connectivity index (χ1) is 15.3. The molecule has 0 aliphatic heterocycles. The number of benzene rings is 1. The van der Waals surface area contributed by atoms with Gasteiger partial charge in [0.2, 0.25) is 0 Å². The molecular formula is C25H23F3N2O2. The zero-order chi connectivity index (χ0) is 22.7. The molecule has 0 unspecified atom stereocenters. The summed E-state index contributed by atoms with van der Waals surface area (Å²) in [4.78, 5) is 16.9. The minimum absolute atomic E-state index is 0.00269. The predicted octanol–water partition coefficient (Wildman–Crippen LogP) is 6.12. The Kier molecular flexibility index (Phi) is 6.17. The molecule has 0 spiro atoms. The minimum Gasteiger partial charge on any atom is -0.430 e. The first-order valence-electron chi connectivity index (χ1n) is 10.5. The summed E-state index contributed by atoms with van der Waals surface area (Å²) in [7, 11) is 0. The van der Waals surface area contributed by atoms with E-state index in [1.165, 1.54) is 13.0 Å². The highest BCUT2D eigenvalue weighted by Crippen LogP contribution is 2.37. The fourth-order valence-electron chi connectivity index (χ4n) is 3.90. The van der Waals surface area contributed by atoms with Crippen molar-refractivity contribution in [3.8, 4) is 17.1 Å². The third-order valence-electron chi connectivity index (χ3n) is 5.58. The quantitative estimate of drug-likeness (QED) is 0.563. The second-order valence-corrected chi connectivity index (χ2v) is 7.83. The zero-order valence-corrected chi connectivity index (χ0v) is 17.7. The van der Waals surface area contributed by atoms with E-state index in [0.29, 0.717) is 18.5 Å². The molecule has 0 radical (unpaired) electrons. The van der Waals surface area contributed by atoms with Crippen LogP contribution in [0.4, 0.5) is 13.2 Å². The molecule has 0 atom stereocenters. The van der Waals surface area contributed by atoms with E-state index in [1.807, 2.05) is 42.5 Å². The number of aromatic nitrogens is 2. The number of hydrogen-bond acceptors (Lipinski definition) is 3. The number of nitrogens with zero attached hydrogens (tertiary/aromatic N) is 2. The summed E-state index contributed by atoms with van der Waals surface area (Å²) < 4.78 is 47.7. The predicted molar refractivity (Wildman–Crippen MR) is 117 cm³/mol. The van der Waals surface area contributed by atoms with Crippen molar-refractivity contribution >= 4 is 0 Å². The molecule has 0 fully saturated rings. The highest BCUT2D eigenvalue weighted by atomic mass is 19.4. The Morgan fingerprint density at radius 2 is 1.91 bits per heavy atom. The van der Waals surface area contributed by atoms with Gasteiger partial charge in [-0.15, -0.1) is 0 Å². The molecule has 2 aliphatic rings. The van der Waals surface area contributed by atoms with Crippen molar-refractivity contribution in [1.29, 1.82) is 0 Å². The van der Waals surface area contributed by atoms with Gasteiger partial charge in [-0.05, 0) is 37.3 Å². The average Bonchev–Trinajstić information content (AvgIpc) is 2.77. The summed E-state index contributed by atoms with van der Waals surface area (Å²) in [5.41, 5.74) is 1.09. The average molecular weight is 440 g/mol. The first-order valence-corrected chi connectivity index (χ1v) is 10.5. The molecule has 7 heteroatoms. The van der Waals surface area contributed by atoms with Gasteiger partial charge in [-0.3, -0.25) is 9.36 Å². The lowest BCUT2D eigenvalue weighted by atomic mass is 9.97. The van der Waals surface area contributed by atoms with Crippen LogP contribution in [0.3, 0.4) is 0 Å². The molecule has 1 aromatic heterocycles. The largest absolute Gasteiger partial charge is 0.430 e. The molecule has 166 valence electrons. The van der Waals surface area contributed by atoms with Gasteiger partial charge in [0.05, 0.1) is 11.1 Å². The van der Waals surface area contributed by atoms with Gasteiger partial charge in [0.15, 0.2) is 0 Å². The van der Waals surface area contributed by atoms with Crippen molar-refractivity contribution in [2.45, 2.75) is 45.3 Å². The van der Waals surface area contributed by atoms with E-state index in [2.05, 4.69) is 11.1 Å². The minimum atomic E-state index is -4.46. The van der Waals surface area contributed by atoms with E-state index in [9.17, 15) is 18.0 Å². The number of alkyl halides is 3. The number of hydrogen-bond donors (Lipinski definition) is 0. The smallest absolute Gasteiger partial charge is 0.416 e. The zero-order valence-electron chi connectivity index (χ0n) is 17.7. The van der Waals surface area contributed by atoms with E-state index in [-0.39, 0.29) is 23.8 Å². The number of rotatable bonds is 5. The second kappa shape index (κ2) is 9.02. The van der Waals surface area contributed by atoms with E-state index in [1.54, 1.807) is 10.8 Å². The van der Waals surface area contributed by atoms with Crippen molar-refractivity contribution in [3.05, 3.63) is 93.7 Å². The van der Waals surface area contributed by atoms with Crippen LogP contribution in [0, 0.1) is 0 Å². The van der Waals surface area contributed by atoms with Crippen molar-refractivity contribution in [1.82, 2.24) is 9.55 Å². The van der Waals surface area contributed by atoms with Gasteiger partial charge in [-0.25, -0.2) is 0 Å². The van der Waals surface area contributed by atoms with Crippen molar-refractivity contribution < 1.29 is 17.9 Å². The maximum Gasteiger partial charge on any atom is 0.416 e. The number of ether oxygens (including phenoxy) is 1. The van der Waals surface area contributed by atoms with Gasteiger partial charge < -0.3 is 4.74 Å². The Labute approximate surface area is 184 Å². The Morgan fingerprint density at radius 1 is 1.12 bits per heavy atom. The van der Waals surface area contributed by atoms with Gasteiger partial charge >= 0.3 is 12.2 Å². The lowest BCUT2D eigenvalue weighted by Gasteiger charge is -2.23. The maximum absolute atomic E-state index is 13.4. The van der Waals surface area contributed by atoms with Crippen LogP contribution >= 0.6 is 0 Å². The normalized spacial score (nSPS) is 16.6. The van der Waals surface area contributed by atoms with Crippen LogP contribution in [0.15, 0.2) is 88.1 Å². The molecule has 32 heavy (non-hydrogen) atoms. The molecule has 0 saturated heterocycles. The number of halogens is 3. The summed E-state index contributed by atoms with van der Waals surface area (Å²) in [6.45, 7) is 1.82. The molecule has 4 rings (SSSR count). The summed E-state index contributed by atoms with van der Waals surface area (Å²) in [6, 6.07) is 9.16. The standard InChI is InChI=1S/C25H23F3N2O2/c1-17-21(25(26,27)28)13-8-14-22(17)32-24-29-23(31)20(19-11-6-3-7-12-19)16-30(24)15-18-9-4-2-5-10-18/h2-4,6-7,9,11-13,16H,5,8,10,14-15H2,1H3. The molecular weight excluding hydrogens is 417 g/mol. The summed E-state index contributed by atoms with van der Waals surface area (Å²) >= 11 is 0. The SMILES string of the molecule is CC1=C(Oc2nc(=O)c(-c3ccccc3)cn2CC2=CC=CCC2)CCC=C1C(F)(F)F. The van der Waals surface area contributed by atoms with Crippen LogP contribution in [0.2, 0.25) is 0 Å². The van der Waals surface area contributed by atoms with Crippen LogP contribution in [0.25, 0.3) is 11.1 Å². The summed E-state index contributed by atoms with van der Waals surface area (Å²) in [5, 5.41) is 0. The van der Waals surface area contributed by atoms with Gasteiger partial charge in [-0.1, -0.05) is 60.2 Å². The maximum atomic E-state index is 13.4. The third-order valence-corrected chi connectivity index (χ3v) is 5.58. The fourth-order valence-corrected chi connectivity index (χ4v) is 3.90. The van der Waals surface area contributed by atoms with Crippen LogP contribution in [0.1, 0.15) is 32.6 Å². The Bertz CT molecular complexity index is 1190. The van der Waals surface area contributed by atoms with E-state index >= 15 is 0 Å². The first kappa shape index (κ1) is 21.9. The lowest BCUT2D eigenvalue weighted by Crippen LogP contribution is -2.21. The van der Waals surface area contributed by atoms with Gasteiger partial charge in [0, 0.05) is 19.2 Å². The van der Waals surface area contributed by atoms with Crippen LogP contribution in [-0.2, 0) is 6.54 Å². The van der Waals surface area contributed by atoms with Crippen LogP contribution in [-0.4, -0.2) is 15.7 Å². The molecule has 4 nitrogen and oxygen atoms in total. The monoisotopic (exact) mass is 440 g/mol. The number of allylic oxidation sites excluding steroid dienone is 8. The van der Waals surface area contributed by atoms with Gasteiger partial charge in [0.1, 0.15) is 5.76 Å².